The van der Waals surface area contributed by atoms with E-state index in [0.29, 0.717) is 18.2 Å². The zero-order chi connectivity index (χ0) is 12.5. The Labute approximate surface area is 108 Å². The van der Waals surface area contributed by atoms with Crippen molar-refractivity contribution in [1.29, 1.82) is 0 Å². The largest absolute Gasteiger partial charge is 0.378 e. The molecule has 0 saturated heterocycles. The van der Waals surface area contributed by atoms with Crippen LogP contribution in [0.1, 0.15) is 45.0 Å². The van der Waals surface area contributed by atoms with E-state index >= 15 is 0 Å². The molecule has 96 valence electrons. The fourth-order valence-electron chi connectivity index (χ4n) is 2.57. The molecule has 2 rings (SSSR count). The van der Waals surface area contributed by atoms with Crippen LogP contribution in [0.15, 0.2) is 17.5 Å². The molecule has 1 aliphatic rings. The summed E-state index contributed by atoms with van der Waals surface area (Å²) in [4.78, 5) is 1.42. The molecule has 17 heavy (non-hydrogen) atoms. The molecule has 1 N–H and O–H groups in total. The molecule has 1 fully saturated rings. The molecule has 1 saturated carbocycles. The molecule has 1 heterocycles. The molecule has 3 atom stereocenters. The predicted octanol–water partition coefficient (Wildman–Crippen LogP) is 3.60. The van der Waals surface area contributed by atoms with Gasteiger partial charge in [0.2, 0.25) is 0 Å². The summed E-state index contributed by atoms with van der Waals surface area (Å²) in [5.74, 6) is 0. The van der Waals surface area contributed by atoms with E-state index in [4.69, 9.17) is 4.74 Å². The minimum Gasteiger partial charge on any atom is -0.378 e. The zero-order valence-corrected chi connectivity index (χ0v) is 12.0. The molecule has 3 heteroatoms. The van der Waals surface area contributed by atoms with E-state index in [1.165, 1.54) is 4.88 Å². The average molecular weight is 253 g/mol. The number of ether oxygens (including phenoxy) is 1. The molecule has 0 aliphatic heterocycles. The van der Waals surface area contributed by atoms with E-state index in [1.807, 2.05) is 11.3 Å². The van der Waals surface area contributed by atoms with Gasteiger partial charge in [0.25, 0.3) is 0 Å². The van der Waals surface area contributed by atoms with Crippen LogP contribution in [0, 0.1) is 5.41 Å². The van der Waals surface area contributed by atoms with Crippen molar-refractivity contribution in [2.75, 3.05) is 6.61 Å². The van der Waals surface area contributed by atoms with Gasteiger partial charge in [0.1, 0.15) is 0 Å². The van der Waals surface area contributed by atoms with E-state index in [1.54, 1.807) is 0 Å². The highest BCUT2D eigenvalue weighted by molar-refractivity contribution is 7.10. The third kappa shape index (κ3) is 2.56. The number of nitrogens with one attached hydrogen (secondary N) is 1. The first-order valence-electron chi connectivity index (χ1n) is 6.46. The Morgan fingerprint density at radius 2 is 2.35 bits per heavy atom. The van der Waals surface area contributed by atoms with E-state index in [-0.39, 0.29) is 5.41 Å². The Bertz CT molecular complexity index is 347. The van der Waals surface area contributed by atoms with Gasteiger partial charge >= 0.3 is 0 Å². The van der Waals surface area contributed by atoms with Crippen molar-refractivity contribution in [1.82, 2.24) is 5.32 Å². The van der Waals surface area contributed by atoms with Gasteiger partial charge in [-0.2, -0.15) is 0 Å². The van der Waals surface area contributed by atoms with E-state index < -0.39 is 0 Å². The fourth-order valence-corrected chi connectivity index (χ4v) is 3.32. The average Bonchev–Trinajstić information content (AvgIpc) is 2.81. The van der Waals surface area contributed by atoms with Gasteiger partial charge in [0, 0.05) is 29.0 Å². The van der Waals surface area contributed by atoms with Gasteiger partial charge in [-0.05, 0) is 31.7 Å². The number of hydrogen-bond donors (Lipinski definition) is 1. The highest BCUT2D eigenvalue weighted by Gasteiger charge is 2.49. The number of rotatable bonds is 5. The zero-order valence-electron chi connectivity index (χ0n) is 11.2. The van der Waals surface area contributed by atoms with Crippen LogP contribution in [0.4, 0.5) is 0 Å². The lowest BCUT2D eigenvalue weighted by atomic mass is 9.64. The lowest BCUT2D eigenvalue weighted by molar-refractivity contribution is -0.116. The van der Waals surface area contributed by atoms with Gasteiger partial charge in [0.05, 0.1) is 6.10 Å². The molecule has 0 radical (unpaired) electrons. The Hall–Kier alpha value is -0.380. The molecular weight excluding hydrogens is 230 g/mol. The normalized spacial score (nSPS) is 28.7. The molecule has 0 spiro atoms. The van der Waals surface area contributed by atoms with E-state index in [0.717, 1.165) is 13.0 Å². The van der Waals surface area contributed by atoms with Crippen LogP contribution in [0.2, 0.25) is 0 Å². The van der Waals surface area contributed by atoms with Crippen LogP contribution in [0.25, 0.3) is 0 Å². The van der Waals surface area contributed by atoms with Gasteiger partial charge in [0.15, 0.2) is 0 Å². The summed E-state index contributed by atoms with van der Waals surface area (Å²) >= 11 is 1.83. The van der Waals surface area contributed by atoms with Crippen molar-refractivity contribution in [3.05, 3.63) is 22.4 Å². The second kappa shape index (κ2) is 5.09. The topological polar surface area (TPSA) is 21.3 Å². The second-order valence-corrected chi connectivity index (χ2v) is 6.44. The molecular formula is C14H23NOS. The number of hydrogen-bond acceptors (Lipinski definition) is 3. The molecule has 0 amide bonds. The summed E-state index contributed by atoms with van der Waals surface area (Å²) in [5, 5.41) is 5.87. The lowest BCUT2D eigenvalue weighted by Gasteiger charge is -2.52. The van der Waals surface area contributed by atoms with Gasteiger partial charge < -0.3 is 10.1 Å². The van der Waals surface area contributed by atoms with Crippen molar-refractivity contribution in [2.24, 2.45) is 5.41 Å². The number of thiophene rings is 1. The summed E-state index contributed by atoms with van der Waals surface area (Å²) < 4.78 is 5.76. The van der Waals surface area contributed by atoms with Gasteiger partial charge in [-0.3, -0.25) is 0 Å². The maximum atomic E-state index is 5.76. The van der Waals surface area contributed by atoms with Crippen molar-refractivity contribution < 1.29 is 4.74 Å². The smallest absolute Gasteiger partial charge is 0.0655 e. The third-order valence-corrected chi connectivity index (χ3v) is 5.02. The van der Waals surface area contributed by atoms with Gasteiger partial charge in [-0.15, -0.1) is 11.3 Å². The Kier molecular flexibility index (Phi) is 3.91. The SMILES string of the molecule is CCOC1CC(N[C@@H](C)c2cccs2)C1(C)C. The minimum absolute atomic E-state index is 0.252. The van der Waals surface area contributed by atoms with E-state index in [9.17, 15) is 0 Å². The Morgan fingerprint density at radius 3 is 2.88 bits per heavy atom. The first-order chi connectivity index (χ1) is 8.05. The summed E-state index contributed by atoms with van der Waals surface area (Å²) in [7, 11) is 0. The third-order valence-electron chi connectivity index (χ3n) is 3.97. The summed E-state index contributed by atoms with van der Waals surface area (Å²) in [6, 6.07) is 5.33. The van der Waals surface area contributed by atoms with Crippen LogP contribution < -0.4 is 5.32 Å². The molecule has 1 aromatic heterocycles. The summed E-state index contributed by atoms with van der Waals surface area (Å²) in [6.45, 7) is 9.74. The second-order valence-electron chi connectivity index (χ2n) is 5.46. The van der Waals surface area contributed by atoms with Crippen molar-refractivity contribution in [3.8, 4) is 0 Å². The molecule has 1 aromatic rings. The monoisotopic (exact) mass is 253 g/mol. The van der Waals surface area contributed by atoms with Crippen LogP contribution >= 0.6 is 11.3 Å². The Morgan fingerprint density at radius 1 is 1.59 bits per heavy atom. The highest BCUT2D eigenvalue weighted by Crippen LogP contribution is 2.43. The van der Waals surface area contributed by atoms with Gasteiger partial charge in [-0.25, -0.2) is 0 Å². The summed E-state index contributed by atoms with van der Waals surface area (Å²) in [6.07, 6.45) is 1.55. The standard InChI is InChI=1S/C14H23NOS/c1-5-16-13-9-12(14(13,3)4)15-10(2)11-7-6-8-17-11/h6-8,10,12-13,15H,5,9H2,1-4H3/t10-,12?,13?/m0/s1. The fraction of sp³-hybridized carbons (Fsp3) is 0.714. The van der Waals surface area contributed by atoms with Crippen molar-refractivity contribution >= 4 is 11.3 Å². The molecule has 0 bridgehead atoms. The van der Waals surface area contributed by atoms with Crippen LogP contribution in [0.5, 0.6) is 0 Å². The van der Waals surface area contributed by atoms with Crippen LogP contribution in [0.3, 0.4) is 0 Å². The van der Waals surface area contributed by atoms with E-state index in [2.05, 4.69) is 50.5 Å². The molecule has 2 nitrogen and oxygen atoms in total. The predicted molar refractivity (Wildman–Crippen MR) is 73.5 cm³/mol. The Balaban J connectivity index is 1.89. The van der Waals surface area contributed by atoms with Gasteiger partial charge in [-0.1, -0.05) is 19.9 Å². The van der Waals surface area contributed by atoms with Crippen molar-refractivity contribution in [3.63, 3.8) is 0 Å². The highest BCUT2D eigenvalue weighted by atomic mass is 32.1. The first kappa shape index (κ1) is 13.1. The maximum absolute atomic E-state index is 5.76. The molecule has 2 unspecified atom stereocenters. The van der Waals surface area contributed by atoms with Crippen LogP contribution in [-0.4, -0.2) is 18.8 Å². The first-order valence-corrected chi connectivity index (χ1v) is 7.34. The maximum Gasteiger partial charge on any atom is 0.0655 e. The summed E-state index contributed by atoms with van der Waals surface area (Å²) in [5.41, 5.74) is 0.252. The minimum atomic E-state index is 0.252. The molecule has 0 aromatic carbocycles. The molecule has 1 aliphatic carbocycles. The quantitative estimate of drug-likeness (QED) is 0.865. The van der Waals surface area contributed by atoms with Crippen molar-refractivity contribution in [2.45, 2.75) is 52.3 Å². The van der Waals surface area contributed by atoms with Crippen LogP contribution in [-0.2, 0) is 4.74 Å². The lowest BCUT2D eigenvalue weighted by Crippen LogP contribution is -2.61.